The van der Waals surface area contributed by atoms with E-state index in [1.807, 2.05) is 6.07 Å². The summed E-state index contributed by atoms with van der Waals surface area (Å²) >= 11 is 12.0. The van der Waals surface area contributed by atoms with E-state index in [-0.39, 0.29) is 11.9 Å². The number of amidine groups is 1. The number of benzene rings is 1. The number of nitrogens with zero attached hydrogens (tertiary/aromatic N) is 2. The molecule has 122 valence electrons. The maximum absolute atomic E-state index is 12.4. The van der Waals surface area contributed by atoms with E-state index in [0.717, 1.165) is 5.56 Å². The highest BCUT2D eigenvalue weighted by molar-refractivity contribution is 6.42. The first-order chi connectivity index (χ1) is 11.5. The van der Waals surface area contributed by atoms with Crippen molar-refractivity contribution in [2.75, 3.05) is 5.32 Å². The van der Waals surface area contributed by atoms with Gasteiger partial charge in [0, 0.05) is 6.20 Å². The predicted molar refractivity (Wildman–Crippen MR) is 96.4 cm³/mol. The molecular formula is C17H14Cl2N4O. The van der Waals surface area contributed by atoms with Crippen molar-refractivity contribution < 1.29 is 4.79 Å². The highest BCUT2D eigenvalue weighted by Gasteiger charge is 2.20. The lowest BCUT2D eigenvalue weighted by Crippen LogP contribution is -2.32. The molecule has 0 saturated carbocycles. The van der Waals surface area contributed by atoms with Crippen molar-refractivity contribution in [1.82, 2.24) is 10.3 Å². The van der Waals surface area contributed by atoms with Crippen LogP contribution >= 0.6 is 23.2 Å². The third-order valence-corrected chi connectivity index (χ3v) is 4.16. The van der Waals surface area contributed by atoms with Crippen LogP contribution in [-0.4, -0.2) is 16.7 Å². The summed E-state index contributed by atoms with van der Waals surface area (Å²) in [5.74, 6) is 0.382. The molecule has 1 aromatic heterocycles. The number of pyridine rings is 1. The number of carbonyl (C=O) groups is 1. The van der Waals surface area contributed by atoms with Gasteiger partial charge in [-0.1, -0.05) is 29.3 Å². The molecular weight excluding hydrogens is 347 g/mol. The lowest BCUT2D eigenvalue weighted by molar-refractivity contribution is -0.113. The van der Waals surface area contributed by atoms with Crippen molar-refractivity contribution in [3.05, 3.63) is 70.1 Å². The second-order valence-corrected chi connectivity index (χ2v) is 6.05. The number of rotatable bonds is 3. The quantitative estimate of drug-likeness (QED) is 0.869. The first-order valence-corrected chi connectivity index (χ1v) is 7.98. The van der Waals surface area contributed by atoms with Crippen molar-refractivity contribution >= 4 is 40.6 Å². The molecule has 1 aliphatic heterocycles. The fourth-order valence-electron chi connectivity index (χ4n) is 2.31. The zero-order chi connectivity index (χ0) is 17.1. The van der Waals surface area contributed by atoms with Crippen molar-refractivity contribution in [3.63, 3.8) is 0 Å². The van der Waals surface area contributed by atoms with Crippen molar-refractivity contribution in [1.29, 1.82) is 0 Å². The molecule has 1 atom stereocenters. The number of aliphatic imine (C=N–C) groups is 1. The molecule has 2 aromatic rings. The van der Waals surface area contributed by atoms with Crippen LogP contribution < -0.4 is 10.6 Å². The van der Waals surface area contributed by atoms with Gasteiger partial charge >= 0.3 is 0 Å². The number of anilines is 1. The highest BCUT2D eigenvalue weighted by atomic mass is 35.5. The van der Waals surface area contributed by atoms with Gasteiger partial charge in [0.15, 0.2) is 0 Å². The monoisotopic (exact) mass is 360 g/mol. The Morgan fingerprint density at radius 3 is 2.79 bits per heavy atom. The van der Waals surface area contributed by atoms with E-state index in [9.17, 15) is 4.79 Å². The summed E-state index contributed by atoms with van der Waals surface area (Å²) in [6.07, 6.45) is 4.97. The molecule has 0 saturated heterocycles. The second-order valence-electron chi connectivity index (χ2n) is 5.23. The molecule has 5 nitrogen and oxygen atoms in total. The first kappa shape index (κ1) is 16.5. The Hall–Kier alpha value is -2.37. The standard InChI is InChI=1S/C17H14Cl2N4O/c1-10-21-15(11-4-5-13(18)14(19)7-11)8-16(22-10)17(24)23-12-3-2-6-20-9-12/h2-9,15H,1H3,(H,21,22)(H,23,24). The normalized spacial score (nSPS) is 16.7. The van der Waals surface area contributed by atoms with Gasteiger partial charge in [0.05, 0.1) is 33.8 Å². The fourth-order valence-corrected chi connectivity index (χ4v) is 2.61. The van der Waals surface area contributed by atoms with Crippen LogP contribution in [0.25, 0.3) is 0 Å². The minimum atomic E-state index is -0.310. The molecule has 2 heterocycles. The predicted octanol–water partition coefficient (Wildman–Crippen LogP) is 3.97. The van der Waals surface area contributed by atoms with Crippen LogP contribution in [0.5, 0.6) is 0 Å². The average molecular weight is 361 g/mol. The van der Waals surface area contributed by atoms with Crippen molar-refractivity contribution in [2.24, 2.45) is 4.99 Å². The van der Waals surface area contributed by atoms with Gasteiger partial charge in [-0.15, -0.1) is 0 Å². The molecule has 1 amide bonds. The summed E-state index contributed by atoms with van der Waals surface area (Å²) < 4.78 is 0. The molecule has 24 heavy (non-hydrogen) atoms. The smallest absolute Gasteiger partial charge is 0.271 e. The molecule has 0 aliphatic carbocycles. The highest BCUT2D eigenvalue weighted by Crippen LogP contribution is 2.29. The van der Waals surface area contributed by atoms with E-state index < -0.39 is 0 Å². The van der Waals surface area contributed by atoms with Crippen molar-refractivity contribution in [3.8, 4) is 0 Å². The zero-order valence-corrected chi connectivity index (χ0v) is 14.3. The molecule has 0 radical (unpaired) electrons. The van der Waals surface area contributed by atoms with E-state index in [2.05, 4.69) is 20.6 Å². The minimum absolute atomic E-state index is 0.262. The summed E-state index contributed by atoms with van der Waals surface area (Å²) in [7, 11) is 0. The topological polar surface area (TPSA) is 66.4 Å². The molecule has 0 spiro atoms. The molecule has 7 heteroatoms. The number of hydrogen-bond acceptors (Lipinski definition) is 4. The molecule has 2 N–H and O–H groups in total. The van der Waals surface area contributed by atoms with E-state index in [1.165, 1.54) is 0 Å². The molecule has 1 unspecified atom stereocenters. The van der Waals surface area contributed by atoms with Crippen LogP contribution in [0.15, 0.2) is 59.5 Å². The van der Waals surface area contributed by atoms with Gasteiger partial charge in [-0.2, -0.15) is 0 Å². The van der Waals surface area contributed by atoms with Crippen LogP contribution in [-0.2, 0) is 4.79 Å². The lowest BCUT2D eigenvalue weighted by atomic mass is 10.0. The number of carbonyl (C=O) groups excluding carboxylic acids is 1. The van der Waals surface area contributed by atoms with Gasteiger partial charge in [-0.25, -0.2) is 0 Å². The Labute approximate surface area is 149 Å². The second kappa shape index (κ2) is 7.03. The number of amides is 1. The van der Waals surface area contributed by atoms with Crippen LogP contribution in [0, 0.1) is 0 Å². The fraction of sp³-hybridized carbons (Fsp3) is 0.118. The summed E-state index contributed by atoms with van der Waals surface area (Å²) in [6, 6.07) is 8.53. The van der Waals surface area contributed by atoms with E-state index in [4.69, 9.17) is 23.2 Å². The van der Waals surface area contributed by atoms with Gasteiger partial charge in [-0.05, 0) is 42.8 Å². The van der Waals surface area contributed by atoms with Gasteiger partial charge in [-0.3, -0.25) is 14.8 Å². The molecule has 3 rings (SSSR count). The van der Waals surface area contributed by atoms with Crippen LogP contribution in [0.2, 0.25) is 10.0 Å². The first-order valence-electron chi connectivity index (χ1n) is 7.22. The van der Waals surface area contributed by atoms with E-state index in [0.29, 0.717) is 27.3 Å². The lowest BCUT2D eigenvalue weighted by Gasteiger charge is -2.20. The number of hydrogen-bond donors (Lipinski definition) is 2. The van der Waals surface area contributed by atoms with Gasteiger partial charge < -0.3 is 10.6 Å². The third kappa shape index (κ3) is 3.75. The Balaban J connectivity index is 1.84. The SMILES string of the molecule is CC1=NC(c2ccc(Cl)c(Cl)c2)C=C(C(=O)Nc2cccnc2)N1. The van der Waals surface area contributed by atoms with Gasteiger partial charge in [0.25, 0.3) is 5.91 Å². The molecule has 0 fully saturated rings. The number of nitrogens with one attached hydrogen (secondary N) is 2. The van der Waals surface area contributed by atoms with Gasteiger partial charge in [0.1, 0.15) is 5.70 Å². The van der Waals surface area contributed by atoms with Crippen LogP contribution in [0.4, 0.5) is 5.69 Å². The van der Waals surface area contributed by atoms with E-state index in [1.54, 1.807) is 49.7 Å². The molecule has 0 bridgehead atoms. The van der Waals surface area contributed by atoms with E-state index >= 15 is 0 Å². The Bertz CT molecular complexity index is 834. The maximum Gasteiger partial charge on any atom is 0.271 e. The summed E-state index contributed by atoms with van der Waals surface area (Å²) in [5.41, 5.74) is 1.90. The summed E-state index contributed by atoms with van der Waals surface area (Å²) in [5, 5.41) is 6.71. The van der Waals surface area contributed by atoms with Gasteiger partial charge in [0.2, 0.25) is 0 Å². The molecule has 1 aromatic carbocycles. The largest absolute Gasteiger partial charge is 0.340 e. The Morgan fingerprint density at radius 2 is 2.08 bits per heavy atom. The Kier molecular flexibility index (Phi) is 4.83. The maximum atomic E-state index is 12.4. The third-order valence-electron chi connectivity index (χ3n) is 3.42. The number of aromatic nitrogens is 1. The Morgan fingerprint density at radius 1 is 1.25 bits per heavy atom. The summed E-state index contributed by atoms with van der Waals surface area (Å²) in [6.45, 7) is 1.80. The average Bonchev–Trinajstić information content (AvgIpc) is 2.57. The zero-order valence-electron chi connectivity index (χ0n) is 12.8. The summed E-state index contributed by atoms with van der Waals surface area (Å²) in [4.78, 5) is 20.9. The molecule has 1 aliphatic rings. The van der Waals surface area contributed by atoms with Crippen LogP contribution in [0.1, 0.15) is 18.5 Å². The van der Waals surface area contributed by atoms with Crippen molar-refractivity contribution in [2.45, 2.75) is 13.0 Å². The van der Waals surface area contributed by atoms with Crippen LogP contribution in [0.3, 0.4) is 0 Å². The number of halogens is 2. The minimum Gasteiger partial charge on any atom is -0.340 e.